The summed E-state index contributed by atoms with van der Waals surface area (Å²) in [6, 6.07) is 4.17. The molecule has 4 heteroatoms. The summed E-state index contributed by atoms with van der Waals surface area (Å²) in [5.41, 5.74) is 1.96. The maximum atomic E-state index is 12.3. The number of nitrogens with one attached hydrogen (secondary N) is 1. The van der Waals surface area contributed by atoms with Crippen LogP contribution in [-0.4, -0.2) is 24.8 Å². The third-order valence-corrected chi connectivity index (χ3v) is 3.23. The number of hydrogen-bond acceptors (Lipinski definition) is 3. The van der Waals surface area contributed by atoms with E-state index in [0.717, 1.165) is 24.2 Å². The van der Waals surface area contributed by atoms with E-state index in [1.165, 1.54) is 0 Å². The topological polar surface area (TPSA) is 43.3 Å². The van der Waals surface area contributed by atoms with Crippen LogP contribution in [0.2, 0.25) is 0 Å². The lowest BCUT2D eigenvalue weighted by Crippen LogP contribution is -2.31. The number of hydrogen-bond donors (Lipinski definition) is 1. The minimum absolute atomic E-state index is 0.120. The van der Waals surface area contributed by atoms with E-state index < -0.39 is 0 Å². The van der Waals surface area contributed by atoms with Gasteiger partial charge in [-0.2, -0.15) is 0 Å². The second-order valence-corrected chi connectivity index (χ2v) is 4.60. The molecule has 0 saturated carbocycles. The number of pyridine rings is 1. The molecular weight excluding hydrogens is 228 g/mol. The summed E-state index contributed by atoms with van der Waals surface area (Å²) in [4.78, 5) is 12.3. The van der Waals surface area contributed by atoms with Gasteiger partial charge in [-0.15, -0.1) is 0 Å². The number of aryl methyl sites for hydroxylation is 1. The highest BCUT2D eigenvalue weighted by molar-refractivity contribution is 5.16. The second-order valence-electron chi connectivity index (χ2n) is 4.60. The fourth-order valence-corrected chi connectivity index (χ4v) is 1.95. The van der Waals surface area contributed by atoms with Gasteiger partial charge >= 0.3 is 0 Å². The molecule has 0 aromatic carbocycles. The Balaban J connectivity index is 2.85. The van der Waals surface area contributed by atoms with Crippen LogP contribution >= 0.6 is 0 Å². The molecule has 0 aliphatic rings. The zero-order chi connectivity index (χ0) is 13.5. The molecule has 1 atom stereocenters. The monoisotopic (exact) mass is 252 g/mol. The number of methoxy groups -OCH3 is 1. The van der Waals surface area contributed by atoms with Crippen molar-refractivity contribution in [3.8, 4) is 0 Å². The van der Waals surface area contributed by atoms with Gasteiger partial charge in [-0.1, -0.05) is 13.0 Å². The molecule has 0 amide bonds. The standard InChI is InChI=1S/C14H24N2O2/c1-5-11(2)16-12(3)6-7-13(14(16)17)10-15-8-9-18-4/h6-7,11,15H,5,8-10H2,1-4H3. The quantitative estimate of drug-likeness (QED) is 0.753. The van der Waals surface area contributed by atoms with Gasteiger partial charge in [0.25, 0.3) is 5.56 Å². The molecule has 1 aromatic heterocycles. The summed E-state index contributed by atoms with van der Waals surface area (Å²) in [5, 5.41) is 3.21. The van der Waals surface area contributed by atoms with Gasteiger partial charge in [0.1, 0.15) is 0 Å². The third kappa shape index (κ3) is 3.68. The first kappa shape index (κ1) is 14.9. The maximum absolute atomic E-state index is 12.3. The molecular formula is C14H24N2O2. The highest BCUT2D eigenvalue weighted by Gasteiger charge is 2.10. The largest absolute Gasteiger partial charge is 0.383 e. The van der Waals surface area contributed by atoms with Crippen molar-refractivity contribution in [1.82, 2.24) is 9.88 Å². The number of ether oxygens (including phenoxy) is 1. The predicted molar refractivity (Wildman–Crippen MR) is 74.0 cm³/mol. The lowest BCUT2D eigenvalue weighted by Gasteiger charge is -2.17. The van der Waals surface area contributed by atoms with Crippen molar-refractivity contribution in [2.75, 3.05) is 20.3 Å². The zero-order valence-corrected chi connectivity index (χ0v) is 11.8. The first-order valence-corrected chi connectivity index (χ1v) is 6.52. The van der Waals surface area contributed by atoms with Crippen LogP contribution in [0.4, 0.5) is 0 Å². The first-order valence-electron chi connectivity index (χ1n) is 6.52. The summed E-state index contributed by atoms with van der Waals surface area (Å²) in [6.07, 6.45) is 0.960. The van der Waals surface area contributed by atoms with Crippen molar-refractivity contribution < 1.29 is 4.74 Å². The number of rotatable bonds is 7. The molecule has 0 radical (unpaired) electrons. The molecule has 0 aliphatic heterocycles. The molecule has 102 valence electrons. The highest BCUT2D eigenvalue weighted by Crippen LogP contribution is 2.10. The zero-order valence-electron chi connectivity index (χ0n) is 11.8. The van der Waals surface area contributed by atoms with Crippen molar-refractivity contribution >= 4 is 0 Å². The van der Waals surface area contributed by atoms with Crippen molar-refractivity contribution in [2.45, 2.75) is 39.8 Å². The Morgan fingerprint density at radius 1 is 1.44 bits per heavy atom. The van der Waals surface area contributed by atoms with Gasteiger partial charge in [-0.05, 0) is 26.3 Å². The average Bonchev–Trinajstić information content (AvgIpc) is 2.36. The van der Waals surface area contributed by atoms with Crippen LogP contribution in [-0.2, 0) is 11.3 Å². The minimum atomic E-state index is 0.120. The molecule has 0 fully saturated rings. The summed E-state index contributed by atoms with van der Waals surface area (Å²) in [5.74, 6) is 0. The van der Waals surface area contributed by atoms with Crippen LogP contribution in [0.5, 0.6) is 0 Å². The smallest absolute Gasteiger partial charge is 0.255 e. The molecule has 1 aromatic rings. The predicted octanol–water partition coefficient (Wildman–Crippen LogP) is 1.86. The average molecular weight is 252 g/mol. The molecule has 0 aliphatic carbocycles. The van der Waals surface area contributed by atoms with E-state index >= 15 is 0 Å². The van der Waals surface area contributed by atoms with E-state index in [9.17, 15) is 4.79 Å². The second kappa shape index (κ2) is 7.34. The van der Waals surface area contributed by atoms with Gasteiger partial charge < -0.3 is 14.6 Å². The van der Waals surface area contributed by atoms with Crippen molar-refractivity contribution in [2.24, 2.45) is 0 Å². The lowest BCUT2D eigenvalue weighted by molar-refractivity contribution is 0.199. The molecule has 18 heavy (non-hydrogen) atoms. The molecule has 0 saturated heterocycles. The lowest BCUT2D eigenvalue weighted by atomic mass is 10.2. The summed E-state index contributed by atoms with van der Waals surface area (Å²) in [6.45, 7) is 8.17. The molecule has 1 heterocycles. The van der Waals surface area contributed by atoms with E-state index in [1.807, 2.05) is 23.6 Å². The van der Waals surface area contributed by atoms with Crippen LogP contribution in [0, 0.1) is 6.92 Å². The summed E-state index contributed by atoms with van der Waals surface area (Å²) >= 11 is 0. The summed E-state index contributed by atoms with van der Waals surface area (Å²) in [7, 11) is 1.67. The summed E-state index contributed by atoms with van der Waals surface area (Å²) < 4.78 is 6.84. The van der Waals surface area contributed by atoms with E-state index in [0.29, 0.717) is 13.2 Å². The van der Waals surface area contributed by atoms with Gasteiger partial charge in [0.05, 0.1) is 6.61 Å². The van der Waals surface area contributed by atoms with Crippen LogP contribution in [0.1, 0.15) is 37.6 Å². The van der Waals surface area contributed by atoms with Gasteiger partial charge in [0.2, 0.25) is 0 Å². The highest BCUT2D eigenvalue weighted by atomic mass is 16.5. The van der Waals surface area contributed by atoms with Crippen LogP contribution in [0.15, 0.2) is 16.9 Å². The molecule has 0 bridgehead atoms. The maximum Gasteiger partial charge on any atom is 0.255 e. The molecule has 1 N–H and O–H groups in total. The van der Waals surface area contributed by atoms with Gasteiger partial charge in [0.15, 0.2) is 0 Å². The van der Waals surface area contributed by atoms with E-state index in [2.05, 4.69) is 19.2 Å². The third-order valence-electron chi connectivity index (χ3n) is 3.23. The molecule has 1 unspecified atom stereocenters. The Hall–Kier alpha value is -1.13. The van der Waals surface area contributed by atoms with Crippen LogP contribution in [0.3, 0.4) is 0 Å². The van der Waals surface area contributed by atoms with E-state index in [4.69, 9.17) is 4.74 Å². The Kier molecular flexibility index (Phi) is 6.09. The van der Waals surface area contributed by atoms with E-state index in [-0.39, 0.29) is 11.6 Å². The van der Waals surface area contributed by atoms with Crippen molar-refractivity contribution in [1.29, 1.82) is 0 Å². The molecule has 4 nitrogen and oxygen atoms in total. The Labute approximate surface area is 109 Å². The normalized spacial score (nSPS) is 12.7. The first-order chi connectivity index (χ1) is 8.61. The Bertz CT molecular complexity index is 426. The Morgan fingerprint density at radius 2 is 2.17 bits per heavy atom. The SMILES string of the molecule is CCC(C)n1c(C)ccc(CNCCOC)c1=O. The Morgan fingerprint density at radius 3 is 2.78 bits per heavy atom. The van der Waals surface area contributed by atoms with Gasteiger partial charge in [-0.3, -0.25) is 4.79 Å². The van der Waals surface area contributed by atoms with Crippen molar-refractivity contribution in [3.63, 3.8) is 0 Å². The molecule has 0 spiro atoms. The fraction of sp³-hybridized carbons (Fsp3) is 0.643. The molecule has 1 rings (SSSR count). The minimum Gasteiger partial charge on any atom is -0.383 e. The number of nitrogens with zero attached hydrogens (tertiary/aromatic N) is 1. The fourth-order valence-electron chi connectivity index (χ4n) is 1.95. The van der Waals surface area contributed by atoms with E-state index in [1.54, 1.807) is 7.11 Å². The van der Waals surface area contributed by atoms with Crippen LogP contribution < -0.4 is 10.9 Å². The van der Waals surface area contributed by atoms with Crippen molar-refractivity contribution in [3.05, 3.63) is 33.7 Å². The van der Waals surface area contributed by atoms with Gasteiger partial charge in [0, 0.05) is 37.5 Å². The van der Waals surface area contributed by atoms with Crippen LogP contribution in [0.25, 0.3) is 0 Å². The number of aromatic nitrogens is 1. The van der Waals surface area contributed by atoms with Gasteiger partial charge in [-0.25, -0.2) is 0 Å².